The zero-order valence-corrected chi connectivity index (χ0v) is 10.5. The number of amides is 1. The van der Waals surface area contributed by atoms with Crippen molar-refractivity contribution in [2.24, 2.45) is 5.73 Å². The molecule has 0 aliphatic carbocycles. The molecule has 1 fully saturated rings. The number of hydrogen-bond acceptors (Lipinski definition) is 4. The Morgan fingerprint density at radius 1 is 1.61 bits per heavy atom. The molecule has 1 saturated heterocycles. The fourth-order valence-corrected chi connectivity index (χ4v) is 1.78. The summed E-state index contributed by atoms with van der Waals surface area (Å²) in [7, 11) is 0. The molecule has 2 unspecified atom stereocenters. The number of rotatable bonds is 6. The topological polar surface area (TPSA) is 64.8 Å². The van der Waals surface area contributed by atoms with E-state index in [0.29, 0.717) is 19.7 Å². The number of ether oxygens (including phenoxy) is 2. The predicted molar refractivity (Wildman–Crippen MR) is 61.4 cm³/mol. The lowest BCUT2D eigenvalue weighted by Crippen LogP contribution is -2.53. The maximum Gasteiger partial charge on any atom is 0.261 e. The number of nitrogens with zero attached hydrogens (tertiary/aromatic N) is 1. The molecular weight excluding hydrogens is 246 g/mol. The normalized spacial score (nSPS) is 24.6. The fourth-order valence-electron chi connectivity index (χ4n) is 1.78. The van der Waals surface area contributed by atoms with Gasteiger partial charge in [0.1, 0.15) is 6.61 Å². The molecule has 0 bridgehead atoms. The smallest absolute Gasteiger partial charge is 0.261 e. The predicted octanol–water partition coefficient (Wildman–Crippen LogP) is 0.233. The summed E-state index contributed by atoms with van der Waals surface area (Å²) in [6, 6.07) is -0.0181. The van der Waals surface area contributed by atoms with Gasteiger partial charge in [0.2, 0.25) is 5.91 Å². The van der Waals surface area contributed by atoms with Crippen molar-refractivity contribution in [3.63, 3.8) is 0 Å². The number of halogens is 2. The first kappa shape index (κ1) is 15.3. The van der Waals surface area contributed by atoms with Gasteiger partial charge >= 0.3 is 0 Å². The van der Waals surface area contributed by atoms with Crippen molar-refractivity contribution in [2.75, 3.05) is 32.9 Å². The standard InChI is InChI=1S/C11H20F2N2O3/c1-8-6-18-9(4-14)5-15(8)11(16)2-3-17-7-10(12)13/h8-10H,2-7,14H2,1H3. The molecule has 0 aromatic rings. The summed E-state index contributed by atoms with van der Waals surface area (Å²) >= 11 is 0. The Bertz CT molecular complexity index is 267. The molecular formula is C11H20F2N2O3. The molecule has 0 saturated carbocycles. The van der Waals surface area contributed by atoms with Crippen molar-refractivity contribution in [3.8, 4) is 0 Å². The minimum absolute atomic E-state index is 0.0144. The van der Waals surface area contributed by atoms with E-state index < -0.39 is 13.0 Å². The van der Waals surface area contributed by atoms with Crippen molar-refractivity contribution in [2.45, 2.75) is 31.9 Å². The zero-order chi connectivity index (χ0) is 13.5. The van der Waals surface area contributed by atoms with Crippen molar-refractivity contribution in [3.05, 3.63) is 0 Å². The summed E-state index contributed by atoms with van der Waals surface area (Å²) in [6.07, 6.45) is -2.54. The first-order chi connectivity index (χ1) is 8.54. The van der Waals surface area contributed by atoms with Gasteiger partial charge in [-0.3, -0.25) is 4.79 Å². The van der Waals surface area contributed by atoms with Crippen LogP contribution in [0.2, 0.25) is 0 Å². The molecule has 5 nitrogen and oxygen atoms in total. The van der Waals surface area contributed by atoms with E-state index >= 15 is 0 Å². The number of nitrogens with two attached hydrogens (primary N) is 1. The maximum absolute atomic E-state index is 11.9. The molecule has 106 valence electrons. The third-order valence-electron chi connectivity index (χ3n) is 2.79. The monoisotopic (exact) mass is 266 g/mol. The lowest BCUT2D eigenvalue weighted by molar-refractivity contribution is -0.145. The van der Waals surface area contributed by atoms with Crippen LogP contribution in [0.1, 0.15) is 13.3 Å². The largest absolute Gasteiger partial charge is 0.375 e. The van der Waals surface area contributed by atoms with Crippen LogP contribution in [-0.4, -0.2) is 62.3 Å². The van der Waals surface area contributed by atoms with Gasteiger partial charge in [0.25, 0.3) is 6.43 Å². The number of carbonyl (C=O) groups excluding carboxylic acids is 1. The molecule has 0 spiro atoms. The second kappa shape index (κ2) is 7.60. The SMILES string of the molecule is CC1COC(CN)CN1C(=O)CCOCC(F)F. The van der Waals surface area contributed by atoms with Crippen LogP contribution >= 0.6 is 0 Å². The molecule has 7 heteroatoms. The highest BCUT2D eigenvalue weighted by atomic mass is 19.3. The third-order valence-corrected chi connectivity index (χ3v) is 2.79. The minimum Gasteiger partial charge on any atom is -0.375 e. The van der Waals surface area contributed by atoms with Gasteiger partial charge in [0.05, 0.1) is 31.8 Å². The molecule has 1 heterocycles. The second-order valence-corrected chi connectivity index (χ2v) is 4.30. The van der Waals surface area contributed by atoms with Crippen LogP contribution in [0.4, 0.5) is 8.78 Å². The van der Waals surface area contributed by atoms with Crippen molar-refractivity contribution >= 4 is 5.91 Å². The molecule has 1 rings (SSSR count). The molecule has 0 aromatic carbocycles. The van der Waals surface area contributed by atoms with E-state index in [4.69, 9.17) is 15.2 Å². The molecule has 1 aliphatic rings. The van der Waals surface area contributed by atoms with Gasteiger partial charge in [-0.15, -0.1) is 0 Å². The van der Waals surface area contributed by atoms with Gasteiger partial charge < -0.3 is 20.1 Å². The van der Waals surface area contributed by atoms with Gasteiger partial charge in [-0.05, 0) is 6.92 Å². The average Bonchev–Trinajstić information content (AvgIpc) is 2.34. The van der Waals surface area contributed by atoms with Gasteiger partial charge in [-0.2, -0.15) is 0 Å². The van der Waals surface area contributed by atoms with Crippen LogP contribution in [-0.2, 0) is 14.3 Å². The molecule has 18 heavy (non-hydrogen) atoms. The number of hydrogen-bond donors (Lipinski definition) is 1. The Hall–Kier alpha value is -0.790. The van der Waals surface area contributed by atoms with Crippen LogP contribution in [0.15, 0.2) is 0 Å². The summed E-state index contributed by atoms with van der Waals surface area (Å²) < 4.78 is 33.8. The lowest BCUT2D eigenvalue weighted by atomic mass is 10.2. The molecule has 2 atom stereocenters. The summed E-state index contributed by atoms with van der Waals surface area (Å²) in [5.41, 5.74) is 5.50. The Labute approximate surface area is 105 Å². The third kappa shape index (κ3) is 4.83. The van der Waals surface area contributed by atoms with Crippen LogP contribution in [0.25, 0.3) is 0 Å². The highest BCUT2D eigenvalue weighted by molar-refractivity contribution is 5.76. The Morgan fingerprint density at radius 2 is 2.33 bits per heavy atom. The number of alkyl halides is 2. The van der Waals surface area contributed by atoms with E-state index in [9.17, 15) is 13.6 Å². The Morgan fingerprint density at radius 3 is 2.94 bits per heavy atom. The van der Waals surface area contributed by atoms with E-state index in [2.05, 4.69) is 0 Å². The lowest BCUT2D eigenvalue weighted by Gasteiger charge is -2.37. The highest BCUT2D eigenvalue weighted by Crippen LogP contribution is 2.12. The minimum atomic E-state index is -2.50. The van der Waals surface area contributed by atoms with Gasteiger partial charge in [-0.25, -0.2) is 8.78 Å². The first-order valence-corrected chi connectivity index (χ1v) is 6.01. The molecule has 1 amide bonds. The fraction of sp³-hybridized carbons (Fsp3) is 0.909. The van der Waals surface area contributed by atoms with E-state index in [1.165, 1.54) is 0 Å². The summed E-state index contributed by atoms with van der Waals surface area (Å²) in [4.78, 5) is 13.6. The van der Waals surface area contributed by atoms with E-state index in [-0.39, 0.29) is 31.1 Å². The molecule has 2 N–H and O–H groups in total. The van der Waals surface area contributed by atoms with Crippen molar-refractivity contribution in [1.82, 2.24) is 4.90 Å². The molecule has 0 radical (unpaired) electrons. The summed E-state index contributed by atoms with van der Waals surface area (Å²) in [6.45, 7) is 2.53. The van der Waals surface area contributed by atoms with Gasteiger partial charge in [-0.1, -0.05) is 0 Å². The van der Waals surface area contributed by atoms with E-state index in [1.54, 1.807) is 4.90 Å². The molecule has 1 aliphatic heterocycles. The first-order valence-electron chi connectivity index (χ1n) is 6.01. The Kier molecular flexibility index (Phi) is 6.45. The van der Waals surface area contributed by atoms with Crippen molar-refractivity contribution < 1.29 is 23.0 Å². The highest BCUT2D eigenvalue weighted by Gasteiger charge is 2.28. The maximum atomic E-state index is 11.9. The Balaban J connectivity index is 2.30. The van der Waals surface area contributed by atoms with Crippen LogP contribution in [0.3, 0.4) is 0 Å². The number of carbonyl (C=O) groups is 1. The van der Waals surface area contributed by atoms with E-state index in [0.717, 1.165) is 0 Å². The van der Waals surface area contributed by atoms with Crippen molar-refractivity contribution in [1.29, 1.82) is 0 Å². The zero-order valence-electron chi connectivity index (χ0n) is 10.5. The summed E-state index contributed by atoms with van der Waals surface area (Å²) in [5, 5.41) is 0. The van der Waals surface area contributed by atoms with Crippen LogP contribution < -0.4 is 5.73 Å². The van der Waals surface area contributed by atoms with Gasteiger partial charge in [0, 0.05) is 13.1 Å². The van der Waals surface area contributed by atoms with Crippen LogP contribution in [0.5, 0.6) is 0 Å². The summed E-state index contributed by atoms with van der Waals surface area (Å²) in [5.74, 6) is -0.112. The van der Waals surface area contributed by atoms with Crippen LogP contribution in [0, 0.1) is 0 Å². The number of morpholine rings is 1. The van der Waals surface area contributed by atoms with E-state index in [1.807, 2.05) is 6.92 Å². The second-order valence-electron chi connectivity index (χ2n) is 4.30. The molecule has 0 aromatic heterocycles. The average molecular weight is 266 g/mol. The van der Waals surface area contributed by atoms with Gasteiger partial charge in [0.15, 0.2) is 0 Å². The quantitative estimate of drug-likeness (QED) is 0.699.